The van der Waals surface area contributed by atoms with Crippen LogP contribution in [0.2, 0.25) is 0 Å². The Bertz CT molecular complexity index is 566. The summed E-state index contributed by atoms with van der Waals surface area (Å²) in [6, 6.07) is 0. The van der Waals surface area contributed by atoms with E-state index in [0.717, 1.165) is 11.6 Å². The summed E-state index contributed by atoms with van der Waals surface area (Å²) in [4.78, 5) is 10.9. The van der Waals surface area contributed by atoms with Gasteiger partial charge in [0.05, 0.1) is 19.3 Å². The van der Waals surface area contributed by atoms with Gasteiger partial charge >= 0.3 is 12.1 Å². The van der Waals surface area contributed by atoms with Crippen LogP contribution in [0, 0.1) is 5.92 Å². The number of aliphatic carboxylic acids is 1. The maximum Gasteiger partial charge on any atom is 0.412 e. The molecule has 0 saturated heterocycles. The fraction of sp³-hybridized carbons (Fsp3) is 0.632. The van der Waals surface area contributed by atoms with Crippen molar-refractivity contribution in [1.29, 1.82) is 0 Å². The first-order chi connectivity index (χ1) is 12.6. The zero-order chi connectivity index (χ0) is 20.4. The third kappa shape index (κ3) is 8.73. The highest BCUT2D eigenvalue weighted by Crippen LogP contribution is 2.29. The monoisotopic (exact) mass is 392 g/mol. The van der Waals surface area contributed by atoms with Crippen molar-refractivity contribution in [2.45, 2.75) is 45.1 Å². The Morgan fingerprint density at radius 2 is 2.11 bits per heavy atom. The average Bonchev–Trinajstić information content (AvgIpc) is 2.56. The van der Waals surface area contributed by atoms with Gasteiger partial charge in [0.1, 0.15) is 12.7 Å². The number of carbonyl (C=O) groups is 1. The first-order valence-electron chi connectivity index (χ1n) is 8.69. The van der Waals surface area contributed by atoms with E-state index in [1.54, 1.807) is 19.1 Å². The highest BCUT2D eigenvalue weighted by atomic mass is 19.4. The molecule has 1 N–H and O–H groups in total. The lowest BCUT2D eigenvalue weighted by molar-refractivity contribution is -0.148. The molecule has 8 heteroatoms. The SMILES string of the molecule is CO[C@H]1/C=C/CC/C(C(F)(F)F)=C\COC/C(C)=C\[C@@H](C)[C@@H]1OCC(=O)O. The molecule has 1 rings (SSSR count). The van der Waals surface area contributed by atoms with Crippen molar-refractivity contribution in [2.75, 3.05) is 26.9 Å². The molecule has 1 aliphatic rings. The molecule has 0 aromatic heterocycles. The van der Waals surface area contributed by atoms with Crippen molar-refractivity contribution < 1.29 is 37.3 Å². The third-order valence-electron chi connectivity index (χ3n) is 4.11. The van der Waals surface area contributed by atoms with E-state index in [0.29, 0.717) is 0 Å². The van der Waals surface area contributed by atoms with E-state index >= 15 is 0 Å². The maximum absolute atomic E-state index is 13.1. The van der Waals surface area contributed by atoms with Crippen molar-refractivity contribution in [1.82, 2.24) is 0 Å². The van der Waals surface area contributed by atoms with Gasteiger partial charge in [-0.15, -0.1) is 0 Å². The second-order valence-corrected chi connectivity index (χ2v) is 6.45. The second kappa shape index (κ2) is 11.3. The molecule has 1 heterocycles. The predicted octanol–water partition coefficient (Wildman–Crippen LogP) is 3.91. The summed E-state index contributed by atoms with van der Waals surface area (Å²) < 4.78 is 55.4. The summed E-state index contributed by atoms with van der Waals surface area (Å²) in [5.41, 5.74) is 0.177. The molecule has 0 fully saturated rings. The van der Waals surface area contributed by atoms with Gasteiger partial charge in [-0.1, -0.05) is 36.8 Å². The van der Waals surface area contributed by atoms with Crippen LogP contribution < -0.4 is 0 Å². The fourth-order valence-electron chi connectivity index (χ4n) is 2.84. The molecule has 0 aromatic rings. The normalized spacial score (nSPS) is 31.1. The molecule has 0 spiro atoms. The number of allylic oxidation sites excluding steroid dienone is 2. The van der Waals surface area contributed by atoms with Gasteiger partial charge in [-0.25, -0.2) is 4.79 Å². The van der Waals surface area contributed by atoms with E-state index < -0.39 is 36.5 Å². The topological polar surface area (TPSA) is 65.0 Å². The van der Waals surface area contributed by atoms with Crippen molar-refractivity contribution >= 4 is 5.97 Å². The zero-order valence-corrected chi connectivity index (χ0v) is 15.8. The summed E-state index contributed by atoms with van der Waals surface area (Å²) in [6.07, 6.45) is 0.550. The van der Waals surface area contributed by atoms with Gasteiger partial charge in [-0.3, -0.25) is 0 Å². The molecule has 0 bridgehead atoms. The quantitative estimate of drug-likeness (QED) is 0.735. The van der Waals surface area contributed by atoms with Crippen LogP contribution in [-0.4, -0.2) is 56.4 Å². The minimum absolute atomic E-state index is 0.127. The summed E-state index contributed by atoms with van der Waals surface area (Å²) in [6.45, 7) is 3.21. The van der Waals surface area contributed by atoms with E-state index in [9.17, 15) is 18.0 Å². The molecule has 1 aliphatic heterocycles. The van der Waals surface area contributed by atoms with E-state index in [-0.39, 0.29) is 32.0 Å². The van der Waals surface area contributed by atoms with Crippen molar-refractivity contribution in [2.24, 2.45) is 5.92 Å². The number of hydrogen-bond acceptors (Lipinski definition) is 4. The lowest BCUT2D eigenvalue weighted by Crippen LogP contribution is -2.36. The number of rotatable bonds is 4. The number of carboxylic acid groups (broad SMARTS) is 1. The number of carboxylic acids is 1. The number of ether oxygens (including phenoxy) is 3. The molecule has 3 atom stereocenters. The standard InChI is InChI=1S/C19H27F3O5/c1-13-10-14(2)18(27-12-17(23)24)16(25-3)7-5-4-6-15(19(20,21)22)8-9-26-11-13/h5,7-8,10,14,16,18H,4,6,9,11-12H2,1-3H3,(H,23,24)/b7-5+,13-10-,15-8+/t14-,16+,18+/m1/s1. The van der Waals surface area contributed by atoms with E-state index in [2.05, 4.69) is 0 Å². The van der Waals surface area contributed by atoms with Gasteiger partial charge in [-0.05, 0) is 19.8 Å². The van der Waals surface area contributed by atoms with Gasteiger partial charge in [0.15, 0.2) is 0 Å². The van der Waals surface area contributed by atoms with Crippen LogP contribution in [0.5, 0.6) is 0 Å². The molecule has 0 aliphatic carbocycles. The maximum atomic E-state index is 13.1. The highest BCUT2D eigenvalue weighted by molar-refractivity contribution is 5.68. The second-order valence-electron chi connectivity index (χ2n) is 6.45. The van der Waals surface area contributed by atoms with Gasteiger partial charge in [0.2, 0.25) is 0 Å². The van der Waals surface area contributed by atoms with Gasteiger partial charge in [-0.2, -0.15) is 13.2 Å². The van der Waals surface area contributed by atoms with Crippen LogP contribution in [0.3, 0.4) is 0 Å². The molecule has 5 nitrogen and oxygen atoms in total. The fourth-order valence-corrected chi connectivity index (χ4v) is 2.84. The molecule has 0 aromatic carbocycles. The Balaban J connectivity index is 3.07. The Labute approximate surface area is 157 Å². The van der Waals surface area contributed by atoms with Crippen LogP contribution in [0.15, 0.2) is 35.5 Å². The zero-order valence-electron chi connectivity index (χ0n) is 15.8. The largest absolute Gasteiger partial charge is 0.480 e. The highest BCUT2D eigenvalue weighted by Gasteiger charge is 2.32. The summed E-state index contributed by atoms with van der Waals surface area (Å²) in [5.74, 6) is -1.30. The molecule has 0 radical (unpaired) electrons. The van der Waals surface area contributed by atoms with Crippen molar-refractivity contribution in [3.8, 4) is 0 Å². The van der Waals surface area contributed by atoms with Crippen LogP contribution in [0.1, 0.15) is 26.7 Å². The van der Waals surface area contributed by atoms with Crippen molar-refractivity contribution in [3.63, 3.8) is 0 Å². The Hall–Kier alpha value is -1.64. The minimum Gasteiger partial charge on any atom is -0.480 e. The lowest BCUT2D eigenvalue weighted by atomic mass is 9.96. The average molecular weight is 392 g/mol. The van der Waals surface area contributed by atoms with Gasteiger partial charge in [0.25, 0.3) is 0 Å². The minimum atomic E-state index is -4.40. The number of halogens is 3. The van der Waals surface area contributed by atoms with Crippen molar-refractivity contribution in [3.05, 3.63) is 35.5 Å². The number of alkyl halides is 3. The first-order valence-corrected chi connectivity index (χ1v) is 8.69. The molecule has 0 unspecified atom stereocenters. The van der Waals surface area contributed by atoms with Crippen LogP contribution in [-0.2, 0) is 19.0 Å². The first kappa shape index (κ1) is 23.4. The summed E-state index contributed by atoms with van der Waals surface area (Å²) in [5, 5.41) is 8.89. The molecule has 27 heavy (non-hydrogen) atoms. The van der Waals surface area contributed by atoms with E-state index in [1.165, 1.54) is 7.11 Å². The Morgan fingerprint density at radius 3 is 2.70 bits per heavy atom. The van der Waals surface area contributed by atoms with E-state index in [1.807, 2.05) is 13.0 Å². The number of hydrogen-bond donors (Lipinski definition) is 1. The van der Waals surface area contributed by atoms with Gasteiger partial charge in [0, 0.05) is 18.6 Å². The Morgan fingerprint density at radius 1 is 1.41 bits per heavy atom. The smallest absolute Gasteiger partial charge is 0.412 e. The molecule has 154 valence electrons. The van der Waals surface area contributed by atoms with Crippen LogP contribution >= 0.6 is 0 Å². The molecular weight excluding hydrogens is 365 g/mol. The van der Waals surface area contributed by atoms with Crippen LogP contribution in [0.25, 0.3) is 0 Å². The summed E-state index contributed by atoms with van der Waals surface area (Å²) >= 11 is 0. The summed E-state index contributed by atoms with van der Waals surface area (Å²) in [7, 11) is 1.45. The molecular formula is C19H27F3O5. The lowest BCUT2D eigenvalue weighted by Gasteiger charge is -2.28. The third-order valence-corrected chi connectivity index (χ3v) is 4.11. The molecule has 0 saturated carbocycles. The van der Waals surface area contributed by atoms with Gasteiger partial charge < -0.3 is 19.3 Å². The van der Waals surface area contributed by atoms with Crippen LogP contribution in [0.4, 0.5) is 13.2 Å². The van der Waals surface area contributed by atoms with E-state index in [4.69, 9.17) is 19.3 Å². The predicted molar refractivity (Wildman–Crippen MR) is 94.4 cm³/mol. The number of methoxy groups -OCH3 is 1. The molecule has 0 amide bonds. The Kier molecular flexibility index (Phi) is 9.76.